The summed E-state index contributed by atoms with van der Waals surface area (Å²) in [4.78, 5) is 16.9. The number of amides is 1. The van der Waals surface area contributed by atoms with Crippen molar-refractivity contribution >= 4 is 22.8 Å². The van der Waals surface area contributed by atoms with Crippen molar-refractivity contribution in [2.45, 2.75) is 18.9 Å². The van der Waals surface area contributed by atoms with Gasteiger partial charge in [-0.05, 0) is 25.0 Å². The van der Waals surface area contributed by atoms with Gasteiger partial charge in [0.1, 0.15) is 0 Å². The van der Waals surface area contributed by atoms with Crippen LogP contribution in [0.1, 0.15) is 12.8 Å². The number of rotatable bonds is 2. The molecule has 6 heteroatoms. The summed E-state index contributed by atoms with van der Waals surface area (Å²) in [6.07, 6.45) is 4.78. The van der Waals surface area contributed by atoms with Gasteiger partial charge in [-0.1, -0.05) is 0 Å². The number of aryl methyl sites for hydroxylation is 1. The van der Waals surface area contributed by atoms with Crippen molar-refractivity contribution in [2.75, 3.05) is 18.4 Å². The summed E-state index contributed by atoms with van der Waals surface area (Å²) in [6.45, 7) is 1.13. The van der Waals surface area contributed by atoms with Gasteiger partial charge in [-0.15, -0.1) is 0 Å². The van der Waals surface area contributed by atoms with E-state index >= 15 is 0 Å². The summed E-state index contributed by atoms with van der Waals surface area (Å²) < 4.78 is 2.03. The zero-order valence-corrected chi connectivity index (χ0v) is 11.4. The molecule has 1 saturated heterocycles. The molecule has 0 saturated carbocycles. The Morgan fingerprint density at radius 1 is 1.50 bits per heavy atom. The number of anilines is 1. The summed E-state index contributed by atoms with van der Waals surface area (Å²) >= 11 is 0. The van der Waals surface area contributed by atoms with E-state index < -0.39 is 6.09 Å². The van der Waals surface area contributed by atoms with E-state index in [-0.39, 0.29) is 6.04 Å². The number of carbonyl (C=O) groups is 1. The second-order valence-corrected chi connectivity index (χ2v) is 5.24. The lowest BCUT2D eigenvalue weighted by molar-refractivity contribution is 0.133. The Kier molecular flexibility index (Phi) is 3.22. The molecule has 0 spiro atoms. The molecule has 1 amide bonds. The van der Waals surface area contributed by atoms with Crippen molar-refractivity contribution in [3.05, 3.63) is 24.5 Å². The largest absolute Gasteiger partial charge is 0.465 e. The lowest BCUT2D eigenvalue weighted by atomic mass is 10.1. The molecule has 1 unspecified atom stereocenters. The zero-order valence-electron chi connectivity index (χ0n) is 11.4. The van der Waals surface area contributed by atoms with Crippen LogP contribution in [0.15, 0.2) is 24.5 Å². The zero-order chi connectivity index (χ0) is 14.1. The molecule has 1 aliphatic heterocycles. The Bertz CT molecular complexity index is 637. The topological polar surface area (TPSA) is 70.4 Å². The molecule has 0 bridgehead atoms. The molecule has 2 aromatic heterocycles. The first-order chi connectivity index (χ1) is 9.65. The summed E-state index contributed by atoms with van der Waals surface area (Å²) in [6, 6.07) is 4.14. The number of pyridine rings is 1. The number of piperidine rings is 1. The van der Waals surface area contributed by atoms with Gasteiger partial charge in [0.05, 0.1) is 5.52 Å². The third-order valence-corrected chi connectivity index (χ3v) is 3.82. The molecule has 3 heterocycles. The first-order valence-electron chi connectivity index (χ1n) is 6.79. The highest BCUT2D eigenvalue weighted by molar-refractivity contribution is 5.89. The molecular weight excluding hydrogens is 256 g/mol. The molecule has 3 rings (SSSR count). The van der Waals surface area contributed by atoms with Gasteiger partial charge < -0.3 is 19.9 Å². The van der Waals surface area contributed by atoms with E-state index in [1.54, 1.807) is 6.20 Å². The van der Waals surface area contributed by atoms with Gasteiger partial charge in [0.15, 0.2) is 5.82 Å². The fraction of sp³-hybridized carbons (Fsp3) is 0.429. The van der Waals surface area contributed by atoms with Crippen LogP contribution >= 0.6 is 0 Å². The van der Waals surface area contributed by atoms with Crippen LogP contribution in [-0.4, -0.2) is 44.8 Å². The fourth-order valence-corrected chi connectivity index (χ4v) is 2.81. The molecule has 2 aromatic rings. The number of fused-ring (bicyclic) bond motifs is 1. The van der Waals surface area contributed by atoms with Crippen LogP contribution in [0.4, 0.5) is 10.6 Å². The molecule has 20 heavy (non-hydrogen) atoms. The van der Waals surface area contributed by atoms with Crippen molar-refractivity contribution in [1.82, 2.24) is 14.5 Å². The second-order valence-electron chi connectivity index (χ2n) is 5.24. The van der Waals surface area contributed by atoms with Crippen molar-refractivity contribution in [1.29, 1.82) is 0 Å². The minimum absolute atomic E-state index is 0.118. The maximum absolute atomic E-state index is 11.1. The predicted octanol–water partition coefficient (Wildman–Crippen LogP) is 2.13. The summed E-state index contributed by atoms with van der Waals surface area (Å²) in [5.41, 5.74) is 1.06. The number of aromatic nitrogens is 2. The van der Waals surface area contributed by atoms with Crippen molar-refractivity contribution in [3.8, 4) is 0 Å². The number of nitrogens with zero attached hydrogens (tertiary/aromatic N) is 3. The highest BCUT2D eigenvalue weighted by Crippen LogP contribution is 2.23. The maximum atomic E-state index is 11.1. The Labute approximate surface area is 117 Å². The van der Waals surface area contributed by atoms with Crippen LogP contribution in [0.25, 0.3) is 10.9 Å². The molecule has 106 valence electrons. The predicted molar refractivity (Wildman–Crippen MR) is 77.0 cm³/mol. The molecular formula is C14H18N4O2. The minimum atomic E-state index is -0.846. The van der Waals surface area contributed by atoms with Crippen LogP contribution in [0.3, 0.4) is 0 Å². The molecule has 6 nitrogen and oxygen atoms in total. The molecule has 0 radical (unpaired) electrons. The summed E-state index contributed by atoms with van der Waals surface area (Å²) in [5.74, 6) is 0.826. The Morgan fingerprint density at radius 3 is 3.15 bits per heavy atom. The van der Waals surface area contributed by atoms with Crippen LogP contribution in [0.5, 0.6) is 0 Å². The highest BCUT2D eigenvalue weighted by atomic mass is 16.4. The number of hydrogen-bond donors (Lipinski definition) is 2. The van der Waals surface area contributed by atoms with Crippen LogP contribution in [-0.2, 0) is 7.05 Å². The monoisotopic (exact) mass is 274 g/mol. The average Bonchev–Trinajstić information content (AvgIpc) is 2.82. The van der Waals surface area contributed by atoms with Gasteiger partial charge in [0.25, 0.3) is 0 Å². The first-order valence-corrected chi connectivity index (χ1v) is 6.79. The maximum Gasteiger partial charge on any atom is 0.407 e. The van der Waals surface area contributed by atoms with Crippen molar-refractivity contribution in [2.24, 2.45) is 7.05 Å². The van der Waals surface area contributed by atoms with Crippen molar-refractivity contribution < 1.29 is 9.90 Å². The first kappa shape index (κ1) is 12.8. The number of nitrogens with one attached hydrogen (secondary N) is 1. The molecule has 0 aliphatic carbocycles. The third-order valence-electron chi connectivity index (χ3n) is 3.82. The van der Waals surface area contributed by atoms with Gasteiger partial charge in [-0.2, -0.15) is 0 Å². The minimum Gasteiger partial charge on any atom is -0.465 e. The van der Waals surface area contributed by atoms with Crippen molar-refractivity contribution in [3.63, 3.8) is 0 Å². The highest BCUT2D eigenvalue weighted by Gasteiger charge is 2.23. The van der Waals surface area contributed by atoms with E-state index in [9.17, 15) is 4.79 Å². The third kappa shape index (κ3) is 2.29. The molecule has 1 aliphatic rings. The van der Waals surface area contributed by atoms with Gasteiger partial charge in [0.2, 0.25) is 0 Å². The van der Waals surface area contributed by atoms with Crippen LogP contribution in [0, 0.1) is 0 Å². The fourth-order valence-electron chi connectivity index (χ4n) is 2.81. The SMILES string of the molecule is Cn1ccc2ccnc(NC3CCCN(C(=O)O)C3)c21. The van der Waals surface area contributed by atoms with E-state index in [2.05, 4.69) is 10.3 Å². The van der Waals surface area contributed by atoms with E-state index in [1.807, 2.05) is 29.9 Å². The number of likely N-dealkylation sites (tertiary alicyclic amines) is 1. The molecule has 1 atom stereocenters. The number of hydrogen-bond acceptors (Lipinski definition) is 3. The van der Waals surface area contributed by atoms with Gasteiger partial charge in [-0.25, -0.2) is 9.78 Å². The smallest absolute Gasteiger partial charge is 0.407 e. The lowest BCUT2D eigenvalue weighted by Gasteiger charge is -2.31. The van der Waals surface area contributed by atoms with E-state index in [4.69, 9.17) is 5.11 Å². The standard InChI is InChI=1S/C14H18N4O2/c1-17-8-5-10-4-6-15-13(12(10)17)16-11-3-2-7-18(9-11)14(19)20/h4-6,8,11H,2-3,7,9H2,1H3,(H,15,16)(H,19,20). The quantitative estimate of drug-likeness (QED) is 0.880. The molecule has 0 aromatic carbocycles. The van der Waals surface area contributed by atoms with E-state index in [0.717, 1.165) is 29.6 Å². The van der Waals surface area contributed by atoms with Crippen LogP contribution < -0.4 is 5.32 Å². The van der Waals surface area contributed by atoms with Gasteiger partial charge in [-0.3, -0.25) is 0 Å². The van der Waals surface area contributed by atoms with Crippen LogP contribution in [0.2, 0.25) is 0 Å². The lowest BCUT2D eigenvalue weighted by Crippen LogP contribution is -2.44. The Balaban J connectivity index is 1.82. The molecule has 1 fully saturated rings. The van der Waals surface area contributed by atoms with Gasteiger partial charge >= 0.3 is 6.09 Å². The summed E-state index contributed by atoms with van der Waals surface area (Å²) in [7, 11) is 1.99. The Hall–Kier alpha value is -2.24. The average molecular weight is 274 g/mol. The van der Waals surface area contributed by atoms with E-state index in [0.29, 0.717) is 13.1 Å². The second kappa shape index (κ2) is 5.03. The molecule has 2 N–H and O–H groups in total. The Morgan fingerprint density at radius 2 is 2.35 bits per heavy atom. The van der Waals surface area contributed by atoms with Gasteiger partial charge in [0, 0.05) is 44.0 Å². The van der Waals surface area contributed by atoms with E-state index in [1.165, 1.54) is 4.90 Å². The summed E-state index contributed by atoms with van der Waals surface area (Å²) in [5, 5.41) is 13.6. The number of carboxylic acid groups (broad SMARTS) is 1. The normalized spacial score (nSPS) is 19.2.